The van der Waals surface area contributed by atoms with Crippen molar-refractivity contribution in [2.24, 2.45) is 0 Å². The van der Waals surface area contributed by atoms with Gasteiger partial charge in [-0.3, -0.25) is 0 Å². The number of nitrogens with zero attached hydrogens (tertiary/aromatic N) is 2. The first kappa shape index (κ1) is 35.5. The number of para-hydroxylation sites is 2. The maximum Gasteiger partial charge on any atom is 0.0726 e. The van der Waals surface area contributed by atoms with Gasteiger partial charge in [0, 0.05) is 27.7 Å². The van der Waals surface area contributed by atoms with Crippen LogP contribution >= 0.6 is 0 Å². The molecule has 0 bridgehead atoms. The molecule has 294 valence electrons. The predicted octanol–water partition coefficient (Wildman–Crippen LogP) is 15.9. The number of hydrogen-bond acceptors (Lipinski definition) is 1. The monoisotopic (exact) mass is 800 g/mol. The topological polar surface area (TPSA) is 8.17 Å². The first-order chi connectivity index (χ1) is 31.3. The smallest absolute Gasteiger partial charge is 0.0726 e. The Kier molecular flexibility index (Phi) is 7.85. The predicted molar refractivity (Wildman–Crippen MR) is 263 cm³/mol. The lowest BCUT2D eigenvalue weighted by Crippen LogP contribution is -2.29. The summed E-state index contributed by atoms with van der Waals surface area (Å²) in [7, 11) is 0. The fraction of sp³-hybridized carbons (Fsp3) is 0.0164. The van der Waals surface area contributed by atoms with E-state index in [1.165, 1.54) is 88.6 Å². The lowest BCUT2D eigenvalue weighted by molar-refractivity contribution is 0.775. The molecule has 0 radical (unpaired) electrons. The van der Waals surface area contributed by atoms with Gasteiger partial charge >= 0.3 is 0 Å². The van der Waals surface area contributed by atoms with Crippen molar-refractivity contribution >= 4 is 38.9 Å². The zero-order valence-corrected chi connectivity index (χ0v) is 34.5. The van der Waals surface area contributed by atoms with Crippen LogP contribution in [0, 0.1) is 0 Å². The second-order valence-electron chi connectivity index (χ2n) is 16.7. The maximum absolute atomic E-state index is 2.54. The van der Waals surface area contributed by atoms with Gasteiger partial charge in [0.05, 0.1) is 27.8 Å². The molecule has 1 aromatic heterocycles. The largest absolute Gasteiger partial charge is 0.309 e. The summed E-state index contributed by atoms with van der Waals surface area (Å²) in [6, 6.07) is 89.8. The van der Waals surface area contributed by atoms with Gasteiger partial charge in [-0.05, 0) is 110 Å². The number of fused-ring (bicyclic) bond motifs is 15. The SMILES string of the molecule is c1ccc(-c2ccc(N(c3cccc4c3-c3ccccc3C43c4ccccc4-c4ccccc4-c4ccccc43)c3cccc4c3c3ccccc3n4-c3ccccc3)cc2)cc1. The molecule has 0 N–H and O–H groups in total. The van der Waals surface area contributed by atoms with Crippen molar-refractivity contribution in [2.45, 2.75) is 5.41 Å². The van der Waals surface area contributed by atoms with Gasteiger partial charge in [-0.25, -0.2) is 0 Å². The first-order valence-corrected chi connectivity index (χ1v) is 21.9. The molecule has 0 aliphatic heterocycles. The Bertz CT molecular complexity index is 3490. The Morgan fingerprint density at radius 2 is 0.794 bits per heavy atom. The molecule has 0 atom stereocenters. The van der Waals surface area contributed by atoms with Gasteiger partial charge in [-0.2, -0.15) is 0 Å². The van der Waals surface area contributed by atoms with Crippen LogP contribution in [-0.4, -0.2) is 4.57 Å². The molecular formula is C61H40N2. The second kappa shape index (κ2) is 13.9. The van der Waals surface area contributed by atoms with E-state index in [1.807, 2.05) is 0 Å². The van der Waals surface area contributed by atoms with Crippen LogP contribution in [0.4, 0.5) is 17.1 Å². The van der Waals surface area contributed by atoms with Gasteiger partial charge in [0.2, 0.25) is 0 Å². The Labute approximate surface area is 367 Å². The highest BCUT2D eigenvalue weighted by atomic mass is 15.2. The van der Waals surface area contributed by atoms with Crippen molar-refractivity contribution in [1.29, 1.82) is 0 Å². The van der Waals surface area contributed by atoms with E-state index in [9.17, 15) is 0 Å². The minimum absolute atomic E-state index is 0.591. The minimum Gasteiger partial charge on any atom is -0.309 e. The molecule has 63 heavy (non-hydrogen) atoms. The summed E-state index contributed by atoms with van der Waals surface area (Å²) in [4.78, 5) is 2.54. The van der Waals surface area contributed by atoms with Crippen LogP contribution < -0.4 is 4.90 Å². The fourth-order valence-corrected chi connectivity index (χ4v) is 11.1. The van der Waals surface area contributed by atoms with Crippen molar-refractivity contribution in [3.8, 4) is 50.2 Å². The van der Waals surface area contributed by atoms with Crippen LogP contribution in [0.15, 0.2) is 243 Å². The van der Waals surface area contributed by atoms with Crippen LogP contribution in [0.25, 0.3) is 72.0 Å². The highest BCUT2D eigenvalue weighted by molar-refractivity contribution is 6.17. The minimum atomic E-state index is -0.591. The molecule has 0 fully saturated rings. The van der Waals surface area contributed by atoms with Crippen molar-refractivity contribution in [3.05, 3.63) is 265 Å². The van der Waals surface area contributed by atoms with Crippen LogP contribution in [0.1, 0.15) is 22.3 Å². The summed E-state index contributed by atoms with van der Waals surface area (Å²) in [5.74, 6) is 0. The summed E-state index contributed by atoms with van der Waals surface area (Å²) in [5.41, 5.74) is 21.4. The van der Waals surface area contributed by atoms with E-state index in [1.54, 1.807) is 0 Å². The maximum atomic E-state index is 2.54. The number of benzene rings is 10. The average Bonchev–Trinajstić information content (AvgIpc) is 3.83. The first-order valence-electron chi connectivity index (χ1n) is 21.9. The Morgan fingerprint density at radius 3 is 1.48 bits per heavy atom. The summed E-state index contributed by atoms with van der Waals surface area (Å²) in [5, 5.41) is 2.43. The summed E-state index contributed by atoms with van der Waals surface area (Å²) < 4.78 is 2.42. The molecule has 2 aliphatic carbocycles. The zero-order valence-electron chi connectivity index (χ0n) is 34.5. The number of rotatable bonds is 5. The third-order valence-electron chi connectivity index (χ3n) is 13.6. The van der Waals surface area contributed by atoms with Crippen LogP contribution in [0.2, 0.25) is 0 Å². The van der Waals surface area contributed by atoms with Crippen LogP contribution in [0.5, 0.6) is 0 Å². The number of hydrogen-bond donors (Lipinski definition) is 0. The molecule has 1 spiro atoms. The van der Waals surface area contributed by atoms with Crippen molar-refractivity contribution < 1.29 is 0 Å². The lowest BCUT2D eigenvalue weighted by atomic mass is 9.66. The quantitative estimate of drug-likeness (QED) is 0.168. The molecule has 1 heterocycles. The van der Waals surface area contributed by atoms with E-state index in [-0.39, 0.29) is 0 Å². The average molecular weight is 801 g/mol. The fourth-order valence-electron chi connectivity index (χ4n) is 11.1. The molecule has 0 saturated carbocycles. The molecule has 2 nitrogen and oxygen atoms in total. The number of anilines is 3. The van der Waals surface area contributed by atoms with E-state index in [0.29, 0.717) is 0 Å². The molecule has 2 heteroatoms. The second-order valence-corrected chi connectivity index (χ2v) is 16.7. The summed E-state index contributed by atoms with van der Waals surface area (Å²) in [6.07, 6.45) is 0. The normalized spacial score (nSPS) is 12.9. The van der Waals surface area contributed by atoms with E-state index in [2.05, 4.69) is 252 Å². The van der Waals surface area contributed by atoms with Gasteiger partial charge in [-0.15, -0.1) is 0 Å². The third kappa shape index (κ3) is 5.07. The summed E-state index contributed by atoms with van der Waals surface area (Å²) >= 11 is 0. The van der Waals surface area contributed by atoms with Crippen molar-refractivity contribution in [3.63, 3.8) is 0 Å². The van der Waals surface area contributed by atoms with Gasteiger partial charge < -0.3 is 9.47 Å². The molecule has 0 saturated heterocycles. The van der Waals surface area contributed by atoms with Crippen LogP contribution in [-0.2, 0) is 5.41 Å². The highest BCUT2D eigenvalue weighted by Crippen LogP contribution is 2.63. The molecule has 11 aromatic rings. The molecule has 10 aromatic carbocycles. The van der Waals surface area contributed by atoms with Crippen LogP contribution in [0.3, 0.4) is 0 Å². The summed E-state index contributed by atoms with van der Waals surface area (Å²) in [6.45, 7) is 0. The highest BCUT2D eigenvalue weighted by Gasteiger charge is 2.50. The van der Waals surface area contributed by atoms with Gasteiger partial charge in [0.15, 0.2) is 0 Å². The lowest BCUT2D eigenvalue weighted by Gasteiger charge is -2.35. The standard InChI is InChI=1S/C61H40N2/c1-3-19-41(20-4-1)42-37-39-44(40-38-42)63(58-36-18-35-57-60(58)50-28-12-16-33-55(50)62(57)43-21-5-2-6-22-43)56-34-17-32-54-59(56)49-27-11-15-31-53(49)61(54)51-29-13-9-25-47(51)45-23-7-8-24-46(45)48-26-10-14-30-52(48)61/h1-40H. The van der Waals surface area contributed by atoms with E-state index >= 15 is 0 Å². The molecule has 2 aliphatic rings. The van der Waals surface area contributed by atoms with Crippen molar-refractivity contribution in [1.82, 2.24) is 4.57 Å². The van der Waals surface area contributed by atoms with Gasteiger partial charge in [0.1, 0.15) is 0 Å². The van der Waals surface area contributed by atoms with Gasteiger partial charge in [0.25, 0.3) is 0 Å². The Morgan fingerprint density at radius 1 is 0.317 bits per heavy atom. The Balaban J connectivity index is 1.15. The Hall–Kier alpha value is -8.20. The third-order valence-corrected chi connectivity index (χ3v) is 13.6. The van der Waals surface area contributed by atoms with Gasteiger partial charge in [-0.1, -0.05) is 194 Å². The van der Waals surface area contributed by atoms with E-state index in [0.717, 1.165) is 22.7 Å². The molecular weight excluding hydrogens is 761 g/mol. The molecule has 0 amide bonds. The molecule has 13 rings (SSSR count). The molecule has 0 unspecified atom stereocenters. The van der Waals surface area contributed by atoms with E-state index in [4.69, 9.17) is 0 Å². The zero-order chi connectivity index (χ0) is 41.5. The van der Waals surface area contributed by atoms with E-state index < -0.39 is 5.41 Å². The number of aromatic nitrogens is 1. The van der Waals surface area contributed by atoms with Crippen molar-refractivity contribution in [2.75, 3.05) is 4.90 Å².